The first-order chi connectivity index (χ1) is 18.0. The van der Waals surface area contributed by atoms with Crippen molar-refractivity contribution < 1.29 is 23.1 Å². The van der Waals surface area contributed by atoms with E-state index in [0.717, 1.165) is 12.1 Å². The first-order valence-corrected chi connectivity index (χ1v) is 12.0. The van der Waals surface area contributed by atoms with Gasteiger partial charge in [0.2, 0.25) is 5.56 Å². The topological polar surface area (TPSA) is 86.3 Å². The van der Waals surface area contributed by atoms with Crippen molar-refractivity contribution in [1.29, 1.82) is 0 Å². The molecule has 194 valence electrons. The molecule has 1 unspecified atom stereocenters. The summed E-state index contributed by atoms with van der Waals surface area (Å²) in [7, 11) is 0. The third-order valence-electron chi connectivity index (χ3n) is 6.81. The number of nitrogens with one attached hydrogen (secondary N) is 1. The van der Waals surface area contributed by atoms with Gasteiger partial charge in [0.25, 0.3) is 5.91 Å². The zero-order valence-electron chi connectivity index (χ0n) is 20.4. The van der Waals surface area contributed by atoms with E-state index in [1.54, 1.807) is 66.7 Å². The van der Waals surface area contributed by atoms with Gasteiger partial charge >= 0.3 is 6.18 Å². The summed E-state index contributed by atoms with van der Waals surface area (Å²) in [6.07, 6.45) is 0.478. The predicted octanol–water partition coefficient (Wildman–Crippen LogP) is 5.16. The Morgan fingerprint density at radius 3 is 2.55 bits per heavy atom. The Labute approximate surface area is 216 Å². The van der Waals surface area contributed by atoms with Crippen LogP contribution in [0, 0.1) is 6.92 Å². The van der Waals surface area contributed by atoms with E-state index >= 15 is 0 Å². The van der Waals surface area contributed by atoms with Crippen molar-refractivity contribution in [2.75, 3.05) is 13.1 Å². The number of halogens is 3. The summed E-state index contributed by atoms with van der Waals surface area (Å²) in [5.41, 5.74) is 0.908. The third-order valence-corrected chi connectivity index (χ3v) is 6.81. The quantitative estimate of drug-likeness (QED) is 0.390. The minimum Gasteiger partial charge on any atom is -0.383 e. The van der Waals surface area contributed by atoms with Crippen LogP contribution in [0.5, 0.6) is 0 Å². The lowest BCUT2D eigenvalue weighted by molar-refractivity contribution is -0.137. The van der Waals surface area contributed by atoms with Crippen LogP contribution < -0.4 is 5.56 Å². The van der Waals surface area contributed by atoms with E-state index in [4.69, 9.17) is 0 Å². The highest BCUT2D eigenvalue weighted by atomic mass is 19.4. The summed E-state index contributed by atoms with van der Waals surface area (Å²) in [4.78, 5) is 33.3. The third kappa shape index (κ3) is 4.97. The number of rotatable bonds is 4. The SMILES string of the molecule is Cc1cc(-c2ccc(C(=O)N3CCC(O)(c4cccnc4)C3)cc2-c2ccc(=O)[nH]c2)cc(C(F)(F)F)c1. The fourth-order valence-corrected chi connectivity index (χ4v) is 4.87. The number of benzene rings is 2. The van der Waals surface area contributed by atoms with Gasteiger partial charge in [0.05, 0.1) is 12.1 Å². The lowest BCUT2D eigenvalue weighted by Crippen LogP contribution is -2.34. The first kappa shape index (κ1) is 25.4. The molecule has 2 aromatic carbocycles. The van der Waals surface area contributed by atoms with Gasteiger partial charge < -0.3 is 15.0 Å². The molecule has 1 saturated heterocycles. The van der Waals surface area contributed by atoms with E-state index in [1.807, 2.05) is 0 Å². The molecule has 2 aromatic heterocycles. The maximum atomic E-state index is 13.5. The number of alkyl halides is 3. The lowest BCUT2D eigenvalue weighted by atomic mass is 9.91. The van der Waals surface area contributed by atoms with Crippen molar-refractivity contribution in [3.05, 3.63) is 112 Å². The molecule has 9 heteroatoms. The number of β-amino-alcohol motifs (C(OH)–C–C–N with tert-alkyl or cyclic N) is 1. The number of likely N-dealkylation sites (tertiary alicyclic amines) is 1. The Balaban J connectivity index is 1.55. The number of pyridine rings is 2. The van der Waals surface area contributed by atoms with Crippen molar-refractivity contribution in [3.63, 3.8) is 0 Å². The number of hydrogen-bond acceptors (Lipinski definition) is 4. The summed E-state index contributed by atoms with van der Waals surface area (Å²) in [5.74, 6) is -0.317. The molecule has 0 saturated carbocycles. The van der Waals surface area contributed by atoms with Crippen LogP contribution in [0.1, 0.15) is 33.5 Å². The number of aliphatic hydroxyl groups is 1. The fraction of sp³-hybridized carbons (Fsp3) is 0.207. The number of aryl methyl sites for hydroxylation is 1. The van der Waals surface area contributed by atoms with Gasteiger partial charge in [0, 0.05) is 42.3 Å². The molecule has 1 aliphatic heterocycles. The normalized spacial score (nSPS) is 17.6. The Morgan fingerprint density at radius 1 is 1.05 bits per heavy atom. The first-order valence-electron chi connectivity index (χ1n) is 12.0. The maximum absolute atomic E-state index is 13.5. The minimum absolute atomic E-state index is 0.0834. The molecule has 0 radical (unpaired) electrons. The van der Waals surface area contributed by atoms with Crippen LogP contribution in [0.25, 0.3) is 22.3 Å². The van der Waals surface area contributed by atoms with Crippen molar-refractivity contribution in [2.45, 2.75) is 25.1 Å². The second-order valence-corrected chi connectivity index (χ2v) is 9.54. The monoisotopic (exact) mass is 519 g/mol. The highest BCUT2D eigenvalue weighted by molar-refractivity contribution is 5.98. The number of aromatic amines is 1. The Bertz CT molecular complexity index is 1550. The van der Waals surface area contributed by atoms with Crippen LogP contribution in [0.15, 0.2) is 84.0 Å². The van der Waals surface area contributed by atoms with Crippen LogP contribution in [0.4, 0.5) is 13.2 Å². The largest absolute Gasteiger partial charge is 0.416 e. The minimum atomic E-state index is -4.52. The number of H-pyrrole nitrogens is 1. The standard InChI is InChI=1S/C29H24F3N3O3/c1-18-11-21(13-23(12-18)29(30,31)32)24-6-4-19(14-25(24)20-5-7-26(36)34-15-20)27(37)35-10-8-28(38,17-35)22-3-2-9-33-16-22/h2-7,9,11-16,38H,8,10,17H2,1H3,(H,34,36). The average Bonchev–Trinajstić information content (AvgIpc) is 3.31. The van der Waals surface area contributed by atoms with Crippen molar-refractivity contribution in [1.82, 2.24) is 14.9 Å². The molecule has 1 aliphatic rings. The second kappa shape index (κ2) is 9.57. The zero-order valence-corrected chi connectivity index (χ0v) is 20.4. The van der Waals surface area contributed by atoms with E-state index in [1.165, 1.54) is 12.3 Å². The number of hydrogen-bond donors (Lipinski definition) is 2. The van der Waals surface area contributed by atoms with Gasteiger partial charge in [-0.05, 0) is 77.6 Å². The predicted molar refractivity (Wildman–Crippen MR) is 136 cm³/mol. The second-order valence-electron chi connectivity index (χ2n) is 9.54. The Hall–Kier alpha value is -4.24. The molecular weight excluding hydrogens is 495 g/mol. The summed E-state index contributed by atoms with van der Waals surface area (Å²) < 4.78 is 40.6. The summed E-state index contributed by atoms with van der Waals surface area (Å²) in [6, 6.07) is 15.0. The van der Waals surface area contributed by atoms with Crippen LogP contribution in [-0.2, 0) is 11.8 Å². The molecule has 0 aliphatic carbocycles. The van der Waals surface area contributed by atoms with Crippen LogP contribution in [0.3, 0.4) is 0 Å². The summed E-state index contributed by atoms with van der Waals surface area (Å²) >= 11 is 0. The highest BCUT2D eigenvalue weighted by Crippen LogP contribution is 2.38. The average molecular weight is 520 g/mol. The Kier molecular flexibility index (Phi) is 6.40. The summed E-state index contributed by atoms with van der Waals surface area (Å²) in [5, 5.41) is 11.1. The van der Waals surface area contributed by atoms with Gasteiger partial charge in [0.1, 0.15) is 5.60 Å². The zero-order chi connectivity index (χ0) is 27.1. The lowest BCUT2D eigenvalue weighted by Gasteiger charge is -2.24. The molecule has 0 bridgehead atoms. The van der Waals surface area contributed by atoms with Crippen molar-refractivity contribution in [3.8, 4) is 22.3 Å². The molecule has 0 spiro atoms. The molecular formula is C29H24F3N3O3. The molecule has 3 heterocycles. The molecule has 38 heavy (non-hydrogen) atoms. The molecule has 4 aromatic rings. The molecule has 1 amide bonds. The Morgan fingerprint density at radius 2 is 1.87 bits per heavy atom. The van der Waals surface area contributed by atoms with Crippen molar-refractivity contribution in [2.24, 2.45) is 0 Å². The van der Waals surface area contributed by atoms with Gasteiger partial charge in [-0.2, -0.15) is 13.2 Å². The maximum Gasteiger partial charge on any atom is 0.416 e. The number of carbonyl (C=O) groups is 1. The smallest absolute Gasteiger partial charge is 0.383 e. The number of nitrogens with zero attached hydrogens (tertiary/aromatic N) is 2. The molecule has 6 nitrogen and oxygen atoms in total. The molecule has 1 atom stereocenters. The van der Waals surface area contributed by atoms with E-state index in [0.29, 0.717) is 51.9 Å². The van der Waals surface area contributed by atoms with Crippen LogP contribution in [-0.4, -0.2) is 39.0 Å². The van der Waals surface area contributed by atoms with Gasteiger partial charge in [-0.1, -0.05) is 18.2 Å². The molecule has 1 fully saturated rings. The van der Waals surface area contributed by atoms with Crippen molar-refractivity contribution >= 4 is 5.91 Å². The van der Waals surface area contributed by atoms with E-state index in [9.17, 15) is 27.9 Å². The fourth-order valence-electron chi connectivity index (χ4n) is 4.87. The number of carbonyl (C=O) groups excluding carboxylic acids is 1. The van der Waals surface area contributed by atoms with Gasteiger partial charge in [-0.3, -0.25) is 14.6 Å². The van der Waals surface area contributed by atoms with E-state index in [-0.39, 0.29) is 18.0 Å². The van der Waals surface area contributed by atoms with Crippen LogP contribution in [0.2, 0.25) is 0 Å². The van der Waals surface area contributed by atoms with Crippen LogP contribution >= 0.6 is 0 Å². The van der Waals surface area contributed by atoms with Gasteiger partial charge in [-0.15, -0.1) is 0 Å². The molecule has 5 rings (SSSR count). The van der Waals surface area contributed by atoms with E-state index in [2.05, 4.69) is 9.97 Å². The molecule has 2 N–H and O–H groups in total. The number of amides is 1. The van der Waals surface area contributed by atoms with Gasteiger partial charge in [0.15, 0.2) is 0 Å². The summed E-state index contributed by atoms with van der Waals surface area (Å²) in [6.45, 7) is 2.00. The highest BCUT2D eigenvalue weighted by Gasteiger charge is 2.40. The van der Waals surface area contributed by atoms with E-state index < -0.39 is 17.3 Å². The number of aromatic nitrogens is 2. The van der Waals surface area contributed by atoms with Gasteiger partial charge in [-0.25, -0.2) is 0 Å².